The number of carbonyl (C=O) groups is 1. The van der Waals surface area contributed by atoms with Crippen LogP contribution in [0.25, 0.3) is 0 Å². The highest BCUT2D eigenvalue weighted by Crippen LogP contribution is 2.57. The van der Waals surface area contributed by atoms with Gasteiger partial charge in [0.25, 0.3) is 0 Å². The molecule has 1 heterocycles. The molecule has 1 saturated carbocycles. The molecule has 5 nitrogen and oxygen atoms in total. The lowest BCUT2D eigenvalue weighted by atomic mass is 9.46. The van der Waals surface area contributed by atoms with Crippen molar-refractivity contribution in [3.63, 3.8) is 0 Å². The van der Waals surface area contributed by atoms with Crippen molar-refractivity contribution in [2.45, 2.75) is 44.4 Å². The van der Waals surface area contributed by atoms with Gasteiger partial charge in [0.1, 0.15) is 5.54 Å². The average Bonchev–Trinajstić information content (AvgIpc) is 2.61. The molecule has 25 heavy (non-hydrogen) atoms. The number of likely N-dealkylation sites (N-methyl/N-ethyl adjacent to an activating group) is 1. The number of ether oxygens (including phenoxy) is 1. The van der Waals surface area contributed by atoms with Crippen molar-refractivity contribution in [2.24, 2.45) is 17.1 Å². The van der Waals surface area contributed by atoms with Crippen LogP contribution in [0.15, 0.2) is 30.3 Å². The van der Waals surface area contributed by atoms with Gasteiger partial charge < -0.3 is 20.7 Å². The summed E-state index contributed by atoms with van der Waals surface area (Å²) in [6, 6.07) is 10.4. The van der Waals surface area contributed by atoms with Gasteiger partial charge in [-0.2, -0.15) is 0 Å². The fourth-order valence-corrected chi connectivity index (χ4v) is 4.65. The van der Waals surface area contributed by atoms with Gasteiger partial charge in [0.15, 0.2) is 0 Å². The number of nitrogens with zero attached hydrogens (tertiary/aromatic N) is 1. The van der Waals surface area contributed by atoms with Gasteiger partial charge in [-0.3, -0.25) is 4.79 Å². The van der Waals surface area contributed by atoms with Crippen LogP contribution in [0.4, 0.5) is 0 Å². The average molecular weight is 345 g/mol. The monoisotopic (exact) mass is 345 g/mol. The maximum absolute atomic E-state index is 13.1. The maximum Gasteiger partial charge on any atom is 0.241 e. The zero-order valence-electron chi connectivity index (χ0n) is 15.8. The molecule has 0 radical (unpaired) electrons. The van der Waals surface area contributed by atoms with E-state index in [-0.39, 0.29) is 29.4 Å². The Bertz CT molecular complexity index is 617. The molecule has 1 aliphatic carbocycles. The number of hydrogen-bond acceptors (Lipinski definition) is 4. The lowest BCUT2D eigenvalue weighted by molar-refractivity contribution is -0.225. The van der Waals surface area contributed by atoms with E-state index >= 15 is 0 Å². The summed E-state index contributed by atoms with van der Waals surface area (Å²) >= 11 is 0. The summed E-state index contributed by atoms with van der Waals surface area (Å²) in [5.41, 5.74) is 6.66. The number of amides is 1. The van der Waals surface area contributed by atoms with Gasteiger partial charge in [-0.25, -0.2) is 0 Å². The van der Waals surface area contributed by atoms with E-state index in [1.807, 2.05) is 32.3 Å². The molecule has 3 N–H and O–H groups in total. The number of carbonyl (C=O) groups excluding carboxylic acids is 1. The van der Waals surface area contributed by atoms with Crippen LogP contribution < -0.4 is 11.1 Å². The first-order chi connectivity index (χ1) is 11.8. The standard InChI is InChI=1S/C20H31N3O2/c1-19(2)17-15(11-8-12-25-17)20(19,21)18(24)22-13-16(23(3)4)14-9-6-5-7-10-14/h5-7,9-10,15-17H,8,11-13,21H2,1-4H3,(H,22,24). The van der Waals surface area contributed by atoms with Gasteiger partial charge in [-0.1, -0.05) is 44.2 Å². The van der Waals surface area contributed by atoms with Gasteiger partial charge in [-0.15, -0.1) is 0 Å². The van der Waals surface area contributed by atoms with Crippen LogP contribution in [0.5, 0.6) is 0 Å². The van der Waals surface area contributed by atoms with Gasteiger partial charge in [0.05, 0.1) is 12.1 Å². The van der Waals surface area contributed by atoms with Crippen LogP contribution in [0.1, 0.15) is 38.3 Å². The Labute approximate surface area is 150 Å². The van der Waals surface area contributed by atoms with Gasteiger partial charge in [0.2, 0.25) is 5.91 Å². The Morgan fingerprint density at radius 3 is 2.68 bits per heavy atom. The summed E-state index contributed by atoms with van der Waals surface area (Å²) in [6.45, 7) is 5.43. The van der Waals surface area contributed by atoms with Crippen molar-refractivity contribution in [1.82, 2.24) is 10.2 Å². The molecule has 3 rings (SSSR count). The smallest absolute Gasteiger partial charge is 0.241 e. The van der Waals surface area contributed by atoms with Crippen molar-refractivity contribution in [1.29, 1.82) is 0 Å². The Morgan fingerprint density at radius 2 is 2.04 bits per heavy atom. The predicted octanol–water partition coefficient (Wildman–Crippen LogP) is 1.94. The molecule has 1 amide bonds. The SMILES string of the molecule is CN(C)C(CNC(=O)C1(N)C2CCCOC2C1(C)C)c1ccccc1. The largest absolute Gasteiger partial charge is 0.377 e. The van der Waals surface area contributed by atoms with E-state index < -0.39 is 5.54 Å². The minimum Gasteiger partial charge on any atom is -0.377 e. The van der Waals surface area contributed by atoms with Crippen LogP contribution in [-0.4, -0.2) is 49.7 Å². The number of hydrogen-bond donors (Lipinski definition) is 2. The summed E-state index contributed by atoms with van der Waals surface area (Å²) in [6.07, 6.45) is 2.04. The molecule has 5 heteroatoms. The molecule has 4 unspecified atom stereocenters. The normalized spacial score (nSPS) is 31.8. The first-order valence-electron chi connectivity index (χ1n) is 9.20. The summed E-state index contributed by atoms with van der Waals surface area (Å²) in [7, 11) is 4.06. The molecule has 0 spiro atoms. The van der Waals surface area contributed by atoms with Crippen LogP contribution in [0.2, 0.25) is 0 Å². The van der Waals surface area contributed by atoms with Crippen LogP contribution >= 0.6 is 0 Å². The number of nitrogens with two attached hydrogens (primary N) is 1. The van der Waals surface area contributed by atoms with Crippen molar-refractivity contribution >= 4 is 5.91 Å². The van der Waals surface area contributed by atoms with Crippen LogP contribution in [0.3, 0.4) is 0 Å². The zero-order chi connectivity index (χ0) is 18.2. The fraction of sp³-hybridized carbons (Fsp3) is 0.650. The first kappa shape index (κ1) is 18.4. The molecule has 0 aromatic heterocycles. The minimum absolute atomic E-state index is 0.0490. The number of fused-ring (bicyclic) bond motifs is 1. The lowest BCUT2D eigenvalue weighted by Crippen LogP contribution is -2.82. The second-order valence-electron chi connectivity index (χ2n) is 8.23. The zero-order valence-corrected chi connectivity index (χ0v) is 15.8. The number of nitrogens with one attached hydrogen (secondary N) is 1. The maximum atomic E-state index is 13.1. The molecule has 1 aromatic rings. The second kappa shape index (κ2) is 6.71. The quantitative estimate of drug-likeness (QED) is 0.856. The topological polar surface area (TPSA) is 67.6 Å². The second-order valence-corrected chi connectivity index (χ2v) is 8.23. The minimum atomic E-state index is -0.856. The van der Waals surface area contributed by atoms with Gasteiger partial charge >= 0.3 is 0 Å². The van der Waals surface area contributed by atoms with E-state index in [1.165, 1.54) is 5.56 Å². The van der Waals surface area contributed by atoms with E-state index in [1.54, 1.807) is 0 Å². The Kier molecular flexibility index (Phi) is 4.93. The highest BCUT2D eigenvalue weighted by Gasteiger charge is 2.70. The molecule has 1 aromatic carbocycles. The summed E-state index contributed by atoms with van der Waals surface area (Å²) in [4.78, 5) is 15.2. The molecule has 1 aliphatic heterocycles. The molecule has 1 saturated heterocycles. The number of benzene rings is 1. The van der Waals surface area contributed by atoms with Crippen molar-refractivity contribution in [3.05, 3.63) is 35.9 Å². The number of rotatable bonds is 5. The van der Waals surface area contributed by atoms with E-state index in [0.29, 0.717) is 6.54 Å². The Morgan fingerprint density at radius 1 is 1.36 bits per heavy atom. The van der Waals surface area contributed by atoms with E-state index in [0.717, 1.165) is 19.4 Å². The highest BCUT2D eigenvalue weighted by atomic mass is 16.5. The van der Waals surface area contributed by atoms with Crippen molar-refractivity contribution in [2.75, 3.05) is 27.2 Å². The summed E-state index contributed by atoms with van der Waals surface area (Å²) in [5.74, 6) is 0.0674. The molecule has 0 bridgehead atoms. The highest BCUT2D eigenvalue weighted by molar-refractivity contribution is 5.89. The summed E-state index contributed by atoms with van der Waals surface area (Å²) in [5, 5.41) is 3.13. The van der Waals surface area contributed by atoms with Gasteiger partial charge in [-0.05, 0) is 32.5 Å². The van der Waals surface area contributed by atoms with Crippen molar-refractivity contribution < 1.29 is 9.53 Å². The molecule has 2 aliphatic rings. The van der Waals surface area contributed by atoms with Gasteiger partial charge in [0, 0.05) is 24.5 Å². The lowest BCUT2D eigenvalue weighted by Gasteiger charge is -2.65. The molecule has 138 valence electrons. The van der Waals surface area contributed by atoms with E-state index in [9.17, 15) is 4.79 Å². The predicted molar refractivity (Wildman–Crippen MR) is 99.0 cm³/mol. The van der Waals surface area contributed by atoms with E-state index in [2.05, 4.69) is 36.2 Å². The fourth-order valence-electron chi connectivity index (χ4n) is 4.65. The third kappa shape index (κ3) is 2.88. The van der Waals surface area contributed by atoms with Crippen molar-refractivity contribution in [3.8, 4) is 0 Å². The molecular weight excluding hydrogens is 314 g/mol. The van der Waals surface area contributed by atoms with Crippen LogP contribution in [-0.2, 0) is 9.53 Å². The Hall–Kier alpha value is -1.43. The molecule has 2 fully saturated rings. The Balaban J connectivity index is 1.71. The van der Waals surface area contributed by atoms with E-state index in [4.69, 9.17) is 10.5 Å². The molecular formula is C20H31N3O2. The third-order valence-corrected chi connectivity index (χ3v) is 6.32. The van der Waals surface area contributed by atoms with Crippen LogP contribution in [0, 0.1) is 11.3 Å². The summed E-state index contributed by atoms with van der Waals surface area (Å²) < 4.78 is 5.90. The first-order valence-corrected chi connectivity index (χ1v) is 9.20. The third-order valence-electron chi connectivity index (χ3n) is 6.32. The molecule has 4 atom stereocenters.